The number of aliphatic hydroxyl groups excluding tert-OH is 1. The zero-order chi connectivity index (χ0) is 21.5. The van der Waals surface area contributed by atoms with Crippen LogP contribution in [0.2, 0.25) is 0 Å². The highest BCUT2D eigenvalue weighted by molar-refractivity contribution is 5.76. The first-order valence-corrected chi connectivity index (χ1v) is 11.9. The maximum atomic E-state index is 12.7. The van der Waals surface area contributed by atoms with E-state index in [-0.39, 0.29) is 40.5 Å². The molecule has 6 nitrogen and oxygen atoms in total. The van der Waals surface area contributed by atoms with Gasteiger partial charge in [-0.1, -0.05) is 34.1 Å². The molecule has 0 aromatic rings. The second-order valence-electron chi connectivity index (χ2n) is 11.4. The van der Waals surface area contributed by atoms with Crippen molar-refractivity contribution >= 4 is 11.9 Å². The van der Waals surface area contributed by atoms with Crippen LogP contribution in [0.5, 0.6) is 0 Å². The monoisotopic (exact) mass is 420 g/mol. The molecular formula is C24H36O6. The first kappa shape index (κ1) is 20.7. The highest BCUT2D eigenvalue weighted by atomic mass is 16.8. The number of esters is 2. The van der Waals surface area contributed by atoms with E-state index in [1.54, 1.807) is 0 Å². The fourth-order valence-corrected chi connectivity index (χ4v) is 8.68. The Bertz CT molecular complexity index is 748. The van der Waals surface area contributed by atoms with E-state index in [0.29, 0.717) is 12.3 Å². The van der Waals surface area contributed by atoms with E-state index in [4.69, 9.17) is 14.2 Å². The quantitative estimate of drug-likeness (QED) is 0.700. The third-order valence-corrected chi connectivity index (χ3v) is 9.71. The maximum absolute atomic E-state index is 12.7. The Balaban J connectivity index is 1.64. The lowest BCUT2D eigenvalue weighted by Gasteiger charge is -2.67. The van der Waals surface area contributed by atoms with Gasteiger partial charge in [0.15, 0.2) is 6.29 Å². The minimum Gasteiger partial charge on any atom is -0.462 e. The van der Waals surface area contributed by atoms with Gasteiger partial charge in [0, 0.05) is 12.3 Å². The van der Waals surface area contributed by atoms with Gasteiger partial charge in [-0.2, -0.15) is 0 Å². The number of ether oxygens (including phenoxy) is 3. The average Bonchev–Trinajstić information content (AvgIpc) is 3.13. The van der Waals surface area contributed by atoms with Crippen LogP contribution in [0.3, 0.4) is 0 Å². The molecule has 2 unspecified atom stereocenters. The molecule has 0 aromatic carbocycles. The first-order valence-electron chi connectivity index (χ1n) is 11.9. The summed E-state index contributed by atoms with van der Waals surface area (Å²) in [7, 11) is 0. The van der Waals surface area contributed by atoms with Crippen molar-refractivity contribution in [1.29, 1.82) is 0 Å². The highest BCUT2D eigenvalue weighted by Gasteiger charge is 2.78. The third-order valence-electron chi connectivity index (χ3n) is 9.71. The van der Waals surface area contributed by atoms with Crippen molar-refractivity contribution in [2.75, 3.05) is 0 Å². The molecule has 2 aliphatic heterocycles. The number of aliphatic hydroxyl groups is 1. The van der Waals surface area contributed by atoms with Crippen molar-refractivity contribution < 1.29 is 28.9 Å². The Morgan fingerprint density at radius 3 is 2.70 bits per heavy atom. The summed E-state index contributed by atoms with van der Waals surface area (Å²) in [6, 6.07) is 0. The lowest BCUT2D eigenvalue weighted by atomic mass is 9.37. The molecule has 0 radical (unpaired) electrons. The van der Waals surface area contributed by atoms with Gasteiger partial charge in [-0.25, -0.2) is 0 Å². The Morgan fingerprint density at radius 2 is 1.97 bits per heavy atom. The standard InChI is InChI=1S/C24H36O6/c1-5-7-17(25)28-16-12-15-22(2,3)10-6-11-23(15,4)14-9-8-13-18-20(29-19(13)26)30-21(27)24(14,16)18/h13-16,18,20-21,27H,5-12H2,1-4H3/t13-,14-,15+,16?,18+,20+,21-,23-,24?/m1/s1. The maximum Gasteiger partial charge on any atom is 0.311 e. The molecule has 2 saturated heterocycles. The molecule has 3 aliphatic carbocycles. The lowest BCUT2D eigenvalue weighted by Crippen LogP contribution is -2.68. The zero-order valence-corrected chi connectivity index (χ0v) is 18.7. The summed E-state index contributed by atoms with van der Waals surface area (Å²) >= 11 is 0. The van der Waals surface area contributed by atoms with Crippen LogP contribution in [-0.2, 0) is 23.8 Å². The van der Waals surface area contributed by atoms with Gasteiger partial charge >= 0.3 is 11.9 Å². The Labute approximate surface area is 179 Å². The summed E-state index contributed by atoms with van der Waals surface area (Å²) in [5.41, 5.74) is -0.597. The Morgan fingerprint density at radius 1 is 1.20 bits per heavy atom. The minimum atomic E-state index is -1.07. The number of rotatable bonds is 3. The molecule has 5 fully saturated rings. The molecule has 1 spiro atoms. The second-order valence-corrected chi connectivity index (χ2v) is 11.4. The third kappa shape index (κ3) is 2.49. The molecular weight excluding hydrogens is 384 g/mol. The van der Waals surface area contributed by atoms with Gasteiger partial charge in [-0.3, -0.25) is 9.59 Å². The average molecular weight is 421 g/mol. The molecule has 0 bridgehead atoms. The van der Waals surface area contributed by atoms with Gasteiger partial charge in [0.2, 0.25) is 6.29 Å². The van der Waals surface area contributed by atoms with Gasteiger partial charge in [-0.05, 0) is 61.2 Å². The van der Waals surface area contributed by atoms with Gasteiger partial charge in [0.05, 0.1) is 11.3 Å². The first-order chi connectivity index (χ1) is 14.2. The smallest absolute Gasteiger partial charge is 0.311 e. The van der Waals surface area contributed by atoms with E-state index in [9.17, 15) is 14.7 Å². The van der Waals surface area contributed by atoms with E-state index < -0.39 is 24.1 Å². The van der Waals surface area contributed by atoms with E-state index in [0.717, 1.165) is 44.9 Å². The number of hydrogen-bond acceptors (Lipinski definition) is 6. The molecule has 30 heavy (non-hydrogen) atoms. The molecule has 168 valence electrons. The van der Waals surface area contributed by atoms with E-state index in [1.165, 1.54) is 0 Å². The Hall–Kier alpha value is -1.14. The number of carbonyl (C=O) groups excluding carboxylic acids is 2. The van der Waals surface area contributed by atoms with Crippen LogP contribution in [0.4, 0.5) is 0 Å². The van der Waals surface area contributed by atoms with E-state index >= 15 is 0 Å². The van der Waals surface area contributed by atoms with Crippen LogP contribution in [0.15, 0.2) is 0 Å². The molecule has 3 saturated carbocycles. The summed E-state index contributed by atoms with van der Waals surface area (Å²) in [6.07, 6.45) is 4.62. The molecule has 5 aliphatic rings. The SMILES string of the molecule is CCCC(=O)OC1C[C@H]2C(C)(C)CCC[C@]2(C)[C@H]2CC[C@H]3C(=O)O[C@H]4O[C@@H](O)C12[C@H]43. The van der Waals surface area contributed by atoms with Gasteiger partial charge < -0.3 is 19.3 Å². The molecule has 1 N–H and O–H groups in total. The zero-order valence-electron chi connectivity index (χ0n) is 18.7. The van der Waals surface area contributed by atoms with Gasteiger partial charge in [0.25, 0.3) is 0 Å². The van der Waals surface area contributed by atoms with Crippen LogP contribution in [-0.4, -0.2) is 35.7 Å². The number of fused-ring (bicyclic) bond motifs is 2. The number of hydrogen-bond donors (Lipinski definition) is 1. The lowest BCUT2D eigenvalue weighted by molar-refractivity contribution is -0.279. The van der Waals surface area contributed by atoms with Crippen LogP contribution in [0.1, 0.15) is 79.1 Å². The van der Waals surface area contributed by atoms with Crippen LogP contribution >= 0.6 is 0 Å². The highest BCUT2D eigenvalue weighted by Crippen LogP contribution is 2.73. The van der Waals surface area contributed by atoms with E-state index in [1.807, 2.05) is 6.92 Å². The normalized spacial score (nSPS) is 50.8. The molecule has 0 aromatic heterocycles. The van der Waals surface area contributed by atoms with Crippen molar-refractivity contribution in [1.82, 2.24) is 0 Å². The van der Waals surface area contributed by atoms with Crippen molar-refractivity contribution in [2.45, 2.75) is 97.7 Å². The van der Waals surface area contributed by atoms with Gasteiger partial charge in [0.1, 0.15) is 6.10 Å². The minimum absolute atomic E-state index is 0.0191. The molecule has 5 rings (SSSR count). The van der Waals surface area contributed by atoms with Crippen molar-refractivity contribution in [2.24, 2.45) is 39.9 Å². The molecule has 2 heterocycles. The van der Waals surface area contributed by atoms with Crippen LogP contribution in [0.25, 0.3) is 0 Å². The van der Waals surface area contributed by atoms with Crippen molar-refractivity contribution in [3.8, 4) is 0 Å². The number of carbonyl (C=O) groups is 2. The van der Waals surface area contributed by atoms with Crippen molar-refractivity contribution in [3.05, 3.63) is 0 Å². The second kappa shape index (κ2) is 6.68. The van der Waals surface area contributed by atoms with Gasteiger partial charge in [-0.15, -0.1) is 0 Å². The van der Waals surface area contributed by atoms with E-state index in [2.05, 4.69) is 20.8 Å². The van der Waals surface area contributed by atoms with Crippen LogP contribution in [0, 0.1) is 39.9 Å². The van der Waals surface area contributed by atoms with Crippen LogP contribution < -0.4 is 0 Å². The van der Waals surface area contributed by atoms with Crippen molar-refractivity contribution in [3.63, 3.8) is 0 Å². The summed E-state index contributed by atoms with van der Waals surface area (Å²) < 4.78 is 17.6. The fraction of sp³-hybridized carbons (Fsp3) is 0.917. The summed E-state index contributed by atoms with van der Waals surface area (Å²) in [6.45, 7) is 9.04. The topological polar surface area (TPSA) is 82.1 Å². The summed E-state index contributed by atoms with van der Waals surface area (Å²) in [5.74, 6) is -0.401. The molecule has 6 heteroatoms. The summed E-state index contributed by atoms with van der Waals surface area (Å²) in [4.78, 5) is 25.3. The molecule has 0 amide bonds. The fourth-order valence-electron chi connectivity index (χ4n) is 8.68. The predicted octanol–water partition coefficient (Wildman–Crippen LogP) is 3.79. The Kier molecular flexibility index (Phi) is 4.62. The predicted molar refractivity (Wildman–Crippen MR) is 108 cm³/mol. The summed E-state index contributed by atoms with van der Waals surface area (Å²) in [5, 5.41) is 11.4. The molecule has 9 atom stereocenters. The largest absolute Gasteiger partial charge is 0.462 e.